The van der Waals surface area contributed by atoms with E-state index in [1.54, 1.807) is 56.7 Å². The Morgan fingerprint density at radius 3 is 1.65 bits per heavy atom. The fourth-order valence-corrected chi connectivity index (χ4v) is 3.12. The minimum Gasteiger partial charge on any atom is -0.497 e. The lowest BCUT2D eigenvalue weighted by Gasteiger charge is -2.10. The van der Waals surface area contributed by atoms with Gasteiger partial charge in [-0.2, -0.15) is 0 Å². The highest BCUT2D eigenvalue weighted by Gasteiger charge is 2.07. The van der Waals surface area contributed by atoms with Crippen molar-refractivity contribution in [1.82, 2.24) is 0 Å². The van der Waals surface area contributed by atoms with Gasteiger partial charge in [-0.25, -0.2) is 0 Å². The van der Waals surface area contributed by atoms with E-state index >= 15 is 0 Å². The maximum Gasteiger partial charge on any atom is 0.255 e. The molecule has 0 saturated heterocycles. The van der Waals surface area contributed by atoms with Gasteiger partial charge in [0.15, 0.2) is 0 Å². The number of amides is 2. The number of aryl methyl sites for hydroxylation is 2. The predicted octanol–water partition coefficient (Wildman–Crippen LogP) is 6.70. The summed E-state index contributed by atoms with van der Waals surface area (Å²) in [4.78, 5) is 22.4. The molecule has 0 bridgehead atoms. The Morgan fingerprint density at radius 2 is 1.19 bits per heavy atom. The van der Waals surface area contributed by atoms with Crippen LogP contribution in [0.25, 0.3) is 0 Å². The third-order valence-corrected chi connectivity index (χ3v) is 5.57. The van der Waals surface area contributed by atoms with Crippen LogP contribution in [0.15, 0.2) is 97.1 Å². The number of nitrogens with one attached hydrogen (secondary N) is 1. The molecule has 0 radical (unpaired) electrons. The highest BCUT2D eigenvalue weighted by atomic mass is 35.5. The molecule has 0 heterocycles. The fourth-order valence-electron chi connectivity index (χ4n) is 2.95. The smallest absolute Gasteiger partial charge is 0.255 e. The van der Waals surface area contributed by atoms with E-state index in [0.717, 1.165) is 33.3 Å². The second kappa shape index (κ2) is 15.0. The predicted molar refractivity (Wildman–Crippen MR) is 150 cm³/mol. The highest BCUT2D eigenvalue weighted by molar-refractivity contribution is 6.31. The molecule has 4 rings (SSSR count). The molecule has 0 aliphatic rings. The molecule has 6 nitrogen and oxygen atoms in total. The van der Waals surface area contributed by atoms with Crippen molar-refractivity contribution in [3.05, 3.63) is 124 Å². The Hall–Kier alpha value is -4.29. The lowest BCUT2D eigenvalue weighted by atomic mass is 10.1. The number of halogens is 1. The van der Waals surface area contributed by atoms with Crippen LogP contribution in [-0.4, -0.2) is 26.0 Å². The molecule has 4 aromatic carbocycles. The molecule has 192 valence electrons. The van der Waals surface area contributed by atoms with E-state index in [9.17, 15) is 9.59 Å². The van der Waals surface area contributed by atoms with Crippen LogP contribution in [0.5, 0.6) is 11.5 Å². The summed E-state index contributed by atoms with van der Waals surface area (Å²) in [5, 5.41) is 3.63. The number of hydrogen-bond donors (Lipinski definition) is 2. The SMILES string of the molecule is COc1ccc(C)c(Cl)c1.COc1ccc(C)c(NC(=O)c2ccccc2)c1.NC(=O)c1ccccc1. The minimum atomic E-state index is -0.379. The number of nitrogens with two attached hydrogens (primary N) is 1. The van der Waals surface area contributed by atoms with Crippen LogP contribution in [-0.2, 0) is 0 Å². The first-order valence-electron chi connectivity index (χ1n) is 11.4. The Kier molecular flexibility index (Phi) is 11.7. The third kappa shape index (κ3) is 9.70. The second-order valence-electron chi connectivity index (χ2n) is 7.85. The summed E-state index contributed by atoms with van der Waals surface area (Å²) < 4.78 is 10.1. The van der Waals surface area contributed by atoms with Crippen LogP contribution in [0.1, 0.15) is 31.8 Å². The Balaban J connectivity index is 0.000000214. The average molecular weight is 519 g/mol. The standard InChI is InChI=1S/C15H15NO2.C8H9ClO.C7H7NO/c1-11-8-9-13(18-2)10-14(11)16-15(17)12-6-4-3-5-7-12;1-6-3-4-7(10-2)5-8(6)9;8-7(9)6-4-2-1-3-5-6/h3-10H,1-2H3,(H,16,17);3-5H,1-2H3;1-5H,(H2,8,9). The number of ether oxygens (including phenoxy) is 2. The number of rotatable bonds is 5. The van der Waals surface area contributed by atoms with Crippen LogP contribution in [0.2, 0.25) is 5.02 Å². The number of primary amides is 1. The summed E-state index contributed by atoms with van der Waals surface area (Å²) in [6.07, 6.45) is 0. The summed E-state index contributed by atoms with van der Waals surface area (Å²) in [6.45, 7) is 3.90. The molecular weight excluding hydrogens is 488 g/mol. The van der Waals surface area contributed by atoms with E-state index in [1.807, 2.05) is 68.4 Å². The van der Waals surface area contributed by atoms with Gasteiger partial charge in [0.1, 0.15) is 11.5 Å². The molecule has 3 N–H and O–H groups in total. The fraction of sp³-hybridized carbons (Fsp3) is 0.133. The molecule has 0 saturated carbocycles. The van der Waals surface area contributed by atoms with Gasteiger partial charge in [-0.05, 0) is 67.4 Å². The minimum absolute atomic E-state index is 0.119. The van der Waals surface area contributed by atoms with Crippen LogP contribution in [0, 0.1) is 13.8 Å². The first kappa shape index (κ1) is 28.9. The Morgan fingerprint density at radius 1 is 0.703 bits per heavy atom. The number of benzene rings is 4. The van der Waals surface area contributed by atoms with E-state index in [2.05, 4.69) is 5.32 Å². The average Bonchev–Trinajstić information content (AvgIpc) is 2.93. The van der Waals surface area contributed by atoms with Crippen molar-refractivity contribution in [1.29, 1.82) is 0 Å². The zero-order valence-corrected chi connectivity index (χ0v) is 22.1. The van der Waals surface area contributed by atoms with Gasteiger partial charge < -0.3 is 20.5 Å². The molecule has 0 aromatic heterocycles. The van der Waals surface area contributed by atoms with E-state index < -0.39 is 0 Å². The molecule has 2 amide bonds. The number of hydrogen-bond acceptors (Lipinski definition) is 4. The molecule has 0 fully saturated rings. The summed E-state index contributed by atoms with van der Waals surface area (Å²) >= 11 is 5.81. The van der Waals surface area contributed by atoms with Gasteiger partial charge in [0.05, 0.1) is 14.2 Å². The van der Waals surface area contributed by atoms with Gasteiger partial charge in [0.2, 0.25) is 5.91 Å². The molecular formula is C30H31ClN2O4. The summed E-state index contributed by atoms with van der Waals surface area (Å²) in [5.74, 6) is 1.03. The van der Waals surface area contributed by atoms with Crippen LogP contribution in [0.4, 0.5) is 5.69 Å². The number of carbonyl (C=O) groups is 2. The molecule has 4 aromatic rings. The summed E-state index contributed by atoms with van der Waals surface area (Å²) in [6, 6.07) is 29.1. The van der Waals surface area contributed by atoms with Crippen molar-refractivity contribution in [2.24, 2.45) is 5.73 Å². The molecule has 0 aliphatic carbocycles. The molecule has 0 spiro atoms. The van der Waals surface area contributed by atoms with Gasteiger partial charge in [-0.15, -0.1) is 0 Å². The lowest BCUT2D eigenvalue weighted by molar-refractivity contribution is 0.0997. The molecule has 37 heavy (non-hydrogen) atoms. The molecule has 0 unspecified atom stereocenters. The van der Waals surface area contributed by atoms with E-state index in [4.69, 9.17) is 26.8 Å². The maximum atomic E-state index is 12.0. The van der Waals surface area contributed by atoms with Gasteiger partial charge in [0.25, 0.3) is 5.91 Å². The maximum absolute atomic E-state index is 12.0. The first-order chi connectivity index (χ1) is 17.7. The van der Waals surface area contributed by atoms with Gasteiger partial charge >= 0.3 is 0 Å². The van der Waals surface area contributed by atoms with Crippen LogP contribution >= 0.6 is 11.6 Å². The largest absolute Gasteiger partial charge is 0.497 e. The number of anilines is 1. The quantitative estimate of drug-likeness (QED) is 0.307. The van der Waals surface area contributed by atoms with E-state index in [0.29, 0.717) is 11.1 Å². The molecule has 7 heteroatoms. The topological polar surface area (TPSA) is 90.7 Å². The third-order valence-electron chi connectivity index (χ3n) is 5.17. The van der Waals surface area contributed by atoms with Crippen molar-refractivity contribution in [3.8, 4) is 11.5 Å². The molecule has 0 aliphatic heterocycles. The van der Waals surface area contributed by atoms with Crippen molar-refractivity contribution in [2.75, 3.05) is 19.5 Å². The van der Waals surface area contributed by atoms with E-state index in [-0.39, 0.29) is 11.8 Å². The van der Waals surface area contributed by atoms with Crippen molar-refractivity contribution < 1.29 is 19.1 Å². The lowest BCUT2D eigenvalue weighted by Crippen LogP contribution is -2.12. The van der Waals surface area contributed by atoms with Crippen molar-refractivity contribution >= 4 is 29.1 Å². The number of carbonyl (C=O) groups excluding carboxylic acids is 2. The Labute approximate surface area is 223 Å². The highest BCUT2D eigenvalue weighted by Crippen LogP contribution is 2.22. The van der Waals surface area contributed by atoms with Gasteiger partial charge in [0, 0.05) is 27.9 Å². The van der Waals surface area contributed by atoms with Crippen molar-refractivity contribution in [3.63, 3.8) is 0 Å². The second-order valence-corrected chi connectivity index (χ2v) is 8.25. The van der Waals surface area contributed by atoms with Crippen LogP contribution in [0.3, 0.4) is 0 Å². The first-order valence-corrected chi connectivity index (χ1v) is 11.8. The number of methoxy groups -OCH3 is 2. The van der Waals surface area contributed by atoms with Gasteiger partial charge in [-0.3, -0.25) is 9.59 Å². The zero-order chi connectivity index (χ0) is 27.2. The molecule has 0 atom stereocenters. The van der Waals surface area contributed by atoms with Gasteiger partial charge in [-0.1, -0.05) is 60.1 Å². The monoisotopic (exact) mass is 518 g/mol. The van der Waals surface area contributed by atoms with Crippen LogP contribution < -0.4 is 20.5 Å². The zero-order valence-electron chi connectivity index (χ0n) is 21.3. The normalized spacial score (nSPS) is 9.54. The summed E-state index contributed by atoms with van der Waals surface area (Å²) in [7, 11) is 3.23. The van der Waals surface area contributed by atoms with E-state index in [1.165, 1.54) is 0 Å². The van der Waals surface area contributed by atoms with Crippen molar-refractivity contribution in [2.45, 2.75) is 13.8 Å². The summed E-state index contributed by atoms with van der Waals surface area (Å²) in [5.41, 5.74) is 9.01. The Bertz CT molecular complexity index is 1300.